The van der Waals surface area contributed by atoms with E-state index in [-0.39, 0.29) is 33.6 Å². The topological polar surface area (TPSA) is 49.7 Å². The first kappa shape index (κ1) is 18.7. The molecule has 0 spiro atoms. The average molecular weight is 429 g/mol. The van der Waals surface area contributed by atoms with Crippen LogP contribution in [-0.2, 0) is 16.4 Å². The number of hydrogen-bond donors (Lipinski definition) is 0. The fraction of sp³-hybridized carbons (Fsp3) is 0.278. The van der Waals surface area contributed by atoms with E-state index in [9.17, 15) is 17.2 Å². The molecule has 2 aromatic rings. The second-order valence-corrected chi connectivity index (χ2v) is 10.3. The Balaban J connectivity index is 1.68. The van der Waals surface area contributed by atoms with Gasteiger partial charge in [-0.05, 0) is 42.0 Å². The molecular weight excluding hydrogens is 414 g/mol. The summed E-state index contributed by atoms with van der Waals surface area (Å²) >= 11 is 7.58. The Morgan fingerprint density at radius 3 is 2.48 bits per heavy atom. The van der Waals surface area contributed by atoms with E-state index in [4.69, 9.17) is 11.6 Å². The van der Waals surface area contributed by atoms with Gasteiger partial charge in [0.05, 0.1) is 24.1 Å². The van der Waals surface area contributed by atoms with Crippen LogP contribution in [0.5, 0.6) is 0 Å². The molecule has 0 saturated carbocycles. The second-order valence-electron chi connectivity index (χ2n) is 6.51. The van der Waals surface area contributed by atoms with Crippen LogP contribution in [-0.4, -0.2) is 36.4 Å². The number of rotatable bonds is 3. The molecule has 2 aliphatic heterocycles. The van der Waals surface area contributed by atoms with Crippen LogP contribution in [0.4, 0.5) is 14.5 Å². The molecule has 4 nitrogen and oxygen atoms in total. The SMILES string of the molecule is O=S1(=O)C[C@@H]2N=C(N(Cc3ccc(F)cc3Cl)c3ccc(F)cc3)S[C@H]2C1. The molecule has 0 aliphatic carbocycles. The lowest BCUT2D eigenvalue weighted by atomic mass is 10.2. The van der Waals surface area contributed by atoms with Crippen molar-refractivity contribution >= 4 is 44.1 Å². The molecule has 0 bridgehead atoms. The van der Waals surface area contributed by atoms with Gasteiger partial charge in [0, 0.05) is 16.0 Å². The zero-order chi connectivity index (χ0) is 19.2. The third-order valence-corrected chi connectivity index (χ3v) is 8.12. The summed E-state index contributed by atoms with van der Waals surface area (Å²) in [6, 6.07) is 9.84. The van der Waals surface area contributed by atoms with Gasteiger partial charge in [0.1, 0.15) is 11.6 Å². The molecule has 2 heterocycles. The van der Waals surface area contributed by atoms with Gasteiger partial charge < -0.3 is 4.90 Å². The fourth-order valence-electron chi connectivity index (χ4n) is 3.18. The van der Waals surface area contributed by atoms with Crippen molar-refractivity contribution in [2.24, 2.45) is 4.99 Å². The summed E-state index contributed by atoms with van der Waals surface area (Å²) in [4.78, 5) is 6.46. The predicted molar refractivity (Wildman–Crippen MR) is 105 cm³/mol. The smallest absolute Gasteiger partial charge is 0.164 e. The highest BCUT2D eigenvalue weighted by Gasteiger charge is 2.44. The highest BCUT2D eigenvalue weighted by molar-refractivity contribution is 8.15. The summed E-state index contributed by atoms with van der Waals surface area (Å²) in [5.74, 6) is -0.640. The minimum absolute atomic E-state index is 0.0444. The molecule has 0 aromatic heterocycles. The number of fused-ring (bicyclic) bond motifs is 1. The Morgan fingerprint density at radius 1 is 1.11 bits per heavy atom. The monoisotopic (exact) mass is 428 g/mol. The van der Waals surface area contributed by atoms with Gasteiger partial charge in [-0.15, -0.1) is 0 Å². The molecule has 1 saturated heterocycles. The van der Waals surface area contributed by atoms with E-state index in [1.165, 1.54) is 36.0 Å². The van der Waals surface area contributed by atoms with Crippen LogP contribution in [0.2, 0.25) is 5.02 Å². The Kier molecular flexibility index (Phi) is 4.90. The van der Waals surface area contributed by atoms with Gasteiger partial charge in [-0.25, -0.2) is 17.2 Å². The minimum atomic E-state index is -3.05. The van der Waals surface area contributed by atoms with E-state index in [1.807, 2.05) is 4.90 Å². The van der Waals surface area contributed by atoms with Crippen molar-refractivity contribution in [2.75, 3.05) is 16.4 Å². The number of amidine groups is 1. The minimum Gasteiger partial charge on any atom is -0.317 e. The molecule has 0 unspecified atom stereocenters. The van der Waals surface area contributed by atoms with E-state index in [1.54, 1.807) is 18.2 Å². The second kappa shape index (κ2) is 7.07. The number of hydrogen-bond acceptors (Lipinski definition) is 5. The van der Waals surface area contributed by atoms with Gasteiger partial charge in [-0.1, -0.05) is 29.4 Å². The van der Waals surface area contributed by atoms with Gasteiger partial charge in [0.25, 0.3) is 0 Å². The Hall–Kier alpha value is -1.64. The first-order valence-corrected chi connectivity index (χ1v) is 11.3. The maximum absolute atomic E-state index is 13.4. The van der Waals surface area contributed by atoms with Crippen molar-refractivity contribution in [3.8, 4) is 0 Å². The summed E-state index contributed by atoms with van der Waals surface area (Å²) in [6.07, 6.45) is 0. The summed E-state index contributed by atoms with van der Waals surface area (Å²) in [6.45, 7) is 0.308. The quantitative estimate of drug-likeness (QED) is 0.744. The van der Waals surface area contributed by atoms with Gasteiger partial charge >= 0.3 is 0 Å². The normalized spacial score (nSPS) is 23.1. The van der Waals surface area contributed by atoms with Crippen LogP contribution in [0.25, 0.3) is 0 Å². The molecule has 0 N–H and O–H groups in total. The number of benzene rings is 2. The molecule has 9 heteroatoms. The lowest BCUT2D eigenvalue weighted by Gasteiger charge is -2.25. The highest BCUT2D eigenvalue weighted by Crippen LogP contribution is 2.37. The lowest BCUT2D eigenvalue weighted by molar-refractivity contribution is 0.601. The molecule has 2 atom stereocenters. The molecule has 2 aromatic carbocycles. The summed E-state index contributed by atoms with van der Waals surface area (Å²) in [5.41, 5.74) is 1.39. The largest absolute Gasteiger partial charge is 0.317 e. The molecule has 2 aliphatic rings. The molecule has 142 valence electrons. The summed E-state index contributed by atoms with van der Waals surface area (Å²) in [7, 11) is -3.05. The number of nitrogens with zero attached hydrogens (tertiary/aromatic N) is 2. The lowest BCUT2D eigenvalue weighted by Crippen LogP contribution is -2.28. The van der Waals surface area contributed by atoms with Gasteiger partial charge in [-0.3, -0.25) is 4.99 Å². The van der Waals surface area contributed by atoms with E-state index < -0.39 is 15.7 Å². The predicted octanol–water partition coefficient (Wildman–Crippen LogP) is 3.89. The Labute approximate surface area is 165 Å². The van der Waals surface area contributed by atoms with Gasteiger partial charge in [0.15, 0.2) is 15.0 Å². The van der Waals surface area contributed by atoms with Gasteiger partial charge in [-0.2, -0.15) is 0 Å². The van der Waals surface area contributed by atoms with Crippen molar-refractivity contribution in [3.05, 3.63) is 64.7 Å². The molecule has 0 radical (unpaired) electrons. The zero-order valence-corrected chi connectivity index (χ0v) is 16.4. The van der Waals surface area contributed by atoms with Crippen LogP contribution >= 0.6 is 23.4 Å². The zero-order valence-electron chi connectivity index (χ0n) is 14.0. The van der Waals surface area contributed by atoms with Crippen LogP contribution in [0.15, 0.2) is 47.5 Å². The van der Waals surface area contributed by atoms with E-state index in [2.05, 4.69) is 4.99 Å². The maximum Gasteiger partial charge on any atom is 0.164 e. The van der Waals surface area contributed by atoms with Crippen molar-refractivity contribution < 1.29 is 17.2 Å². The molecule has 0 amide bonds. The van der Waals surface area contributed by atoms with E-state index in [0.29, 0.717) is 23.0 Å². The van der Waals surface area contributed by atoms with E-state index >= 15 is 0 Å². The van der Waals surface area contributed by atoms with Crippen molar-refractivity contribution in [3.63, 3.8) is 0 Å². The van der Waals surface area contributed by atoms with Crippen LogP contribution in [0.1, 0.15) is 5.56 Å². The van der Waals surface area contributed by atoms with Crippen LogP contribution < -0.4 is 4.90 Å². The fourth-order valence-corrected chi connectivity index (χ4v) is 7.19. The van der Waals surface area contributed by atoms with Crippen molar-refractivity contribution in [1.82, 2.24) is 0 Å². The standard InChI is InChI=1S/C18H15ClF2N2O2S2/c19-15-7-13(21)2-1-11(15)8-23(14-5-3-12(20)4-6-14)18-22-16-9-27(24,25)10-17(16)26-18/h1-7,16-17H,8-10H2/t16-,17-/m0/s1. The maximum atomic E-state index is 13.4. The Morgan fingerprint density at radius 2 is 1.81 bits per heavy atom. The molecule has 27 heavy (non-hydrogen) atoms. The molecule has 4 rings (SSSR count). The number of anilines is 1. The Bertz CT molecular complexity index is 1010. The third kappa shape index (κ3) is 3.97. The molecular formula is C18H15ClF2N2O2S2. The van der Waals surface area contributed by atoms with Gasteiger partial charge in [0.2, 0.25) is 0 Å². The number of halogens is 3. The number of aliphatic imine (C=N–C) groups is 1. The third-order valence-electron chi connectivity index (χ3n) is 4.52. The average Bonchev–Trinajstić information content (AvgIpc) is 3.08. The summed E-state index contributed by atoms with van der Waals surface area (Å²) < 4.78 is 50.3. The van der Waals surface area contributed by atoms with Crippen LogP contribution in [0, 0.1) is 11.6 Å². The van der Waals surface area contributed by atoms with Crippen LogP contribution in [0.3, 0.4) is 0 Å². The van der Waals surface area contributed by atoms with E-state index in [0.717, 1.165) is 0 Å². The highest BCUT2D eigenvalue weighted by atomic mass is 35.5. The first-order valence-electron chi connectivity index (χ1n) is 8.23. The summed E-state index contributed by atoms with van der Waals surface area (Å²) in [5, 5.41) is 0.831. The number of sulfone groups is 1. The molecule has 1 fully saturated rings. The van der Waals surface area contributed by atoms with Crippen molar-refractivity contribution in [2.45, 2.75) is 17.8 Å². The number of thioether (sulfide) groups is 1. The van der Waals surface area contributed by atoms with Crippen molar-refractivity contribution in [1.29, 1.82) is 0 Å². The first-order chi connectivity index (χ1) is 12.8.